The quantitative estimate of drug-likeness (QED) is 0.457. The van der Waals surface area contributed by atoms with Gasteiger partial charge in [-0.25, -0.2) is 4.98 Å². The Hall–Kier alpha value is -3.99. The molecule has 38 heavy (non-hydrogen) atoms. The SMILES string of the molecule is CCOC(=O)[C@@H]1C[C@H]1C(=O)N1CCN(c2nc(C3CC3)c(-c3cccc4cnccc34)cc2C#N)C[C@H]1C. The van der Waals surface area contributed by atoms with Crippen LogP contribution in [0.5, 0.6) is 0 Å². The number of nitriles is 1. The Morgan fingerprint density at radius 3 is 2.74 bits per heavy atom. The molecule has 2 aliphatic carbocycles. The van der Waals surface area contributed by atoms with Gasteiger partial charge in [-0.1, -0.05) is 18.2 Å². The first-order valence-corrected chi connectivity index (χ1v) is 13.5. The fraction of sp³-hybridized carbons (Fsp3) is 0.433. The molecule has 3 aromatic rings. The summed E-state index contributed by atoms with van der Waals surface area (Å²) < 4.78 is 5.10. The van der Waals surface area contributed by atoms with Crippen molar-refractivity contribution in [2.45, 2.75) is 45.1 Å². The van der Waals surface area contributed by atoms with Crippen LogP contribution in [0.3, 0.4) is 0 Å². The van der Waals surface area contributed by atoms with E-state index in [9.17, 15) is 14.9 Å². The zero-order valence-corrected chi connectivity index (χ0v) is 21.8. The average Bonchev–Trinajstić information content (AvgIpc) is 3.86. The van der Waals surface area contributed by atoms with Crippen LogP contribution in [0, 0.1) is 23.2 Å². The summed E-state index contributed by atoms with van der Waals surface area (Å²) in [6.07, 6.45) is 6.43. The second-order valence-corrected chi connectivity index (χ2v) is 10.6. The molecule has 0 spiro atoms. The topological polar surface area (TPSA) is 99.4 Å². The van der Waals surface area contributed by atoms with Gasteiger partial charge < -0.3 is 14.5 Å². The number of pyridine rings is 2. The molecule has 8 nitrogen and oxygen atoms in total. The summed E-state index contributed by atoms with van der Waals surface area (Å²) in [6.45, 7) is 5.86. The van der Waals surface area contributed by atoms with Gasteiger partial charge in [-0.3, -0.25) is 14.6 Å². The molecule has 6 rings (SSSR count). The van der Waals surface area contributed by atoms with Crippen molar-refractivity contribution in [1.29, 1.82) is 5.26 Å². The lowest BCUT2D eigenvalue weighted by Gasteiger charge is -2.41. The Labute approximate surface area is 222 Å². The summed E-state index contributed by atoms with van der Waals surface area (Å²) in [6, 6.07) is 12.5. The molecular weight excluding hydrogens is 478 g/mol. The maximum absolute atomic E-state index is 13.1. The average molecular weight is 510 g/mol. The van der Waals surface area contributed by atoms with Crippen molar-refractivity contribution in [2.24, 2.45) is 11.8 Å². The summed E-state index contributed by atoms with van der Waals surface area (Å²) in [7, 11) is 0. The maximum Gasteiger partial charge on any atom is 0.309 e. The van der Waals surface area contributed by atoms with Crippen molar-refractivity contribution in [3.63, 3.8) is 0 Å². The number of hydrogen-bond acceptors (Lipinski definition) is 7. The molecule has 1 amide bonds. The molecule has 2 aromatic heterocycles. The predicted octanol–water partition coefficient (Wildman–Crippen LogP) is 4.28. The number of amides is 1. The van der Waals surface area contributed by atoms with E-state index in [0.29, 0.717) is 50.0 Å². The summed E-state index contributed by atoms with van der Waals surface area (Å²) in [5.74, 6) is 0.280. The molecule has 1 aliphatic heterocycles. The number of carbonyl (C=O) groups is 2. The van der Waals surface area contributed by atoms with Crippen molar-refractivity contribution < 1.29 is 14.3 Å². The van der Waals surface area contributed by atoms with Crippen LogP contribution in [0.4, 0.5) is 5.82 Å². The first-order chi connectivity index (χ1) is 18.5. The van der Waals surface area contributed by atoms with Gasteiger partial charge >= 0.3 is 5.97 Å². The molecule has 0 bridgehead atoms. The number of piperazine rings is 1. The third-order valence-corrected chi connectivity index (χ3v) is 7.99. The molecule has 8 heteroatoms. The smallest absolute Gasteiger partial charge is 0.309 e. The van der Waals surface area contributed by atoms with Crippen LogP contribution < -0.4 is 4.90 Å². The number of fused-ring (bicyclic) bond motifs is 1. The van der Waals surface area contributed by atoms with E-state index < -0.39 is 0 Å². The standard InChI is InChI=1S/C30H31N5O3/c1-3-38-30(37)26-14-25(26)29(36)35-12-11-34(17-18(35)2)28-21(15-31)13-24(27(33-28)19-7-8-19)23-6-4-5-20-16-32-10-9-22(20)23/h4-6,9-10,13,16,18-19,25-26H,3,7-8,11-12,14,17H2,1-2H3/t18-,25-,26-/m1/s1. The fourth-order valence-electron chi connectivity index (χ4n) is 5.75. The highest BCUT2D eigenvalue weighted by Gasteiger charge is 2.51. The van der Waals surface area contributed by atoms with Crippen LogP contribution in [-0.2, 0) is 14.3 Å². The van der Waals surface area contributed by atoms with Gasteiger partial charge in [-0.2, -0.15) is 5.26 Å². The highest BCUT2D eigenvalue weighted by molar-refractivity contribution is 5.97. The summed E-state index contributed by atoms with van der Waals surface area (Å²) in [5.41, 5.74) is 3.69. The van der Waals surface area contributed by atoms with Crippen LogP contribution in [0.1, 0.15) is 50.3 Å². The van der Waals surface area contributed by atoms with Gasteiger partial charge in [0.1, 0.15) is 11.9 Å². The lowest BCUT2D eigenvalue weighted by Crippen LogP contribution is -2.55. The van der Waals surface area contributed by atoms with E-state index >= 15 is 0 Å². The number of aromatic nitrogens is 2. The van der Waals surface area contributed by atoms with E-state index in [4.69, 9.17) is 9.72 Å². The Kier molecular flexibility index (Phi) is 6.22. The van der Waals surface area contributed by atoms with Crippen LogP contribution in [0.25, 0.3) is 21.9 Å². The molecule has 3 heterocycles. The lowest BCUT2D eigenvalue weighted by atomic mass is 9.95. The van der Waals surface area contributed by atoms with Gasteiger partial charge in [-0.15, -0.1) is 0 Å². The van der Waals surface area contributed by atoms with Crippen molar-refractivity contribution in [1.82, 2.24) is 14.9 Å². The minimum atomic E-state index is -0.307. The Bertz CT molecular complexity index is 1450. The summed E-state index contributed by atoms with van der Waals surface area (Å²) in [4.78, 5) is 38.6. The zero-order chi connectivity index (χ0) is 26.4. The molecule has 0 unspecified atom stereocenters. The zero-order valence-electron chi connectivity index (χ0n) is 21.8. The highest BCUT2D eigenvalue weighted by Crippen LogP contribution is 2.46. The number of carbonyl (C=O) groups excluding carboxylic acids is 2. The van der Waals surface area contributed by atoms with Gasteiger partial charge in [0.25, 0.3) is 0 Å². The minimum absolute atomic E-state index is 0.0307. The van der Waals surface area contributed by atoms with Gasteiger partial charge in [0.05, 0.1) is 29.7 Å². The predicted molar refractivity (Wildman–Crippen MR) is 143 cm³/mol. The largest absolute Gasteiger partial charge is 0.466 e. The normalized spacial score (nSPS) is 22.7. The van der Waals surface area contributed by atoms with E-state index in [1.807, 2.05) is 42.3 Å². The van der Waals surface area contributed by atoms with Crippen LogP contribution in [-0.4, -0.2) is 59.0 Å². The van der Waals surface area contributed by atoms with Crippen molar-refractivity contribution in [2.75, 3.05) is 31.1 Å². The second-order valence-electron chi connectivity index (χ2n) is 10.6. The van der Waals surface area contributed by atoms with E-state index in [2.05, 4.69) is 22.0 Å². The molecule has 3 aliphatic rings. The lowest BCUT2D eigenvalue weighted by molar-refractivity contribution is -0.147. The number of esters is 1. The van der Waals surface area contributed by atoms with Crippen molar-refractivity contribution in [3.05, 3.63) is 54.0 Å². The molecule has 3 atom stereocenters. The molecular formula is C30H31N5O3. The molecule has 0 N–H and O–H groups in total. The van der Waals surface area contributed by atoms with E-state index in [1.165, 1.54) is 0 Å². The molecule has 194 valence electrons. The highest BCUT2D eigenvalue weighted by atomic mass is 16.5. The Balaban J connectivity index is 1.27. The molecule has 2 saturated carbocycles. The molecule has 0 radical (unpaired) electrons. The minimum Gasteiger partial charge on any atom is -0.466 e. The van der Waals surface area contributed by atoms with Gasteiger partial charge in [0.15, 0.2) is 0 Å². The number of ether oxygens (including phenoxy) is 1. The van der Waals surface area contributed by atoms with Crippen molar-refractivity contribution in [3.8, 4) is 17.2 Å². The van der Waals surface area contributed by atoms with Gasteiger partial charge in [0, 0.05) is 54.9 Å². The van der Waals surface area contributed by atoms with Crippen LogP contribution in [0.2, 0.25) is 0 Å². The second kappa shape index (κ2) is 9.71. The molecule has 1 aromatic carbocycles. The molecule has 3 fully saturated rings. The van der Waals surface area contributed by atoms with Gasteiger partial charge in [-0.05, 0) is 56.2 Å². The van der Waals surface area contributed by atoms with E-state index in [1.54, 1.807) is 13.1 Å². The number of nitrogens with zero attached hydrogens (tertiary/aromatic N) is 5. The maximum atomic E-state index is 13.1. The summed E-state index contributed by atoms with van der Waals surface area (Å²) >= 11 is 0. The van der Waals surface area contributed by atoms with E-state index in [0.717, 1.165) is 40.4 Å². The first kappa shape index (κ1) is 24.4. The third-order valence-electron chi connectivity index (χ3n) is 7.99. The van der Waals surface area contributed by atoms with E-state index in [-0.39, 0.29) is 29.8 Å². The van der Waals surface area contributed by atoms with Crippen LogP contribution in [0.15, 0.2) is 42.7 Å². The number of hydrogen-bond donors (Lipinski definition) is 0. The Morgan fingerprint density at radius 1 is 1.16 bits per heavy atom. The fourth-order valence-corrected chi connectivity index (χ4v) is 5.75. The number of rotatable bonds is 6. The third kappa shape index (κ3) is 4.36. The molecule has 1 saturated heterocycles. The number of anilines is 1. The Morgan fingerprint density at radius 2 is 2.00 bits per heavy atom. The van der Waals surface area contributed by atoms with Crippen LogP contribution >= 0.6 is 0 Å². The first-order valence-electron chi connectivity index (χ1n) is 13.5. The monoisotopic (exact) mass is 509 g/mol. The van der Waals surface area contributed by atoms with Gasteiger partial charge in [0.2, 0.25) is 5.91 Å². The van der Waals surface area contributed by atoms with Crippen molar-refractivity contribution >= 4 is 28.5 Å². The summed E-state index contributed by atoms with van der Waals surface area (Å²) in [5, 5.41) is 12.3. The number of benzene rings is 1.